The molecule has 6 nitrogen and oxygen atoms in total. The lowest BCUT2D eigenvalue weighted by atomic mass is 9.84. The van der Waals surface area contributed by atoms with E-state index in [1.54, 1.807) is 0 Å². The van der Waals surface area contributed by atoms with Crippen molar-refractivity contribution in [2.75, 3.05) is 46.6 Å². The second kappa shape index (κ2) is 14.0. The van der Waals surface area contributed by atoms with E-state index >= 15 is 0 Å². The quantitative estimate of drug-likeness (QED) is 0.217. The zero-order valence-corrected chi connectivity index (χ0v) is 18.9. The Kier molecular flexibility index (Phi) is 12.8. The third-order valence-corrected chi connectivity index (χ3v) is 5.03. The Labute approximate surface area is 176 Å². The van der Waals surface area contributed by atoms with Crippen molar-refractivity contribution in [2.45, 2.75) is 70.0 Å². The summed E-state index contributed by atoms with van der Waals surface area (Å²) >= 11 is 0. The molecule has 1 aliphatic heterocycles. The van der Waals surface area contributed by atoms with Crippen LogP contribution in [0.1, 0.15) is 58.3 Å². The summed E-state index contributed by atoms with van der Waals surface area (Å²) < 4.78 is 17.3. The van der Waals surface area contributed by atoms with Gasteiger partial charge in [-0.3, -0.25) is 4.99 Å². The fraction of sp³-hybridized carbons (Fsp3) is 0.947. The summed E-state index contributed by atoms with van der Waals surface area (Å²) in [7, 11) is 1.82. The summed E-state index contributed by atoms with van der Waals surface area (Å²) in [4.78, 5) is 4.34. The highest BCUT2D eigenvalue weighted by Gasteiger charge is 2.32. The zero-order chi connectivity index (χ0) is 17.8. The van der Waals surface area contributed by atoms with Gasteiger partial charge in [-0.1, -0.05) is 26.2 Å². The molecule has 2 rings (SSSR count). The first kappa shape index (κ1) is 23.9. The van der Waals surface area contributed by atoms with Gasteiger partial charge in [-0.15, -0.1) is 24.0 Å². The maximum atomic E-state index is 6.24. The molecule has 7 heteroatoms. The Morgan fingerprint density at radius 3 is 2.65 bits per heavy atom. The van der Waals surface area contributed by atoms with E-state index < -0.39 is 0 Å². The third-order valence-electron chi connectivity index (χ3n) is 5.03. The van der Waals surface area contributed by atoms with Crippen LogP contribution in [0.5, 0.6) is 0 Å². The third kappa shape index (κ3) is 8.71. The van der Waals surface area contributed by atoms with Gasteiger partial charge in [0.1, 0.15) is 0 Å². The van der Waals surface area contributed by atoms with E-state index in [1.807, 2.05) is 7.05 Å². The standard InChI is InChI=1S/C19H37N3O3.HI/c1-3-12-25-19(9-5-4-6-10-19)16-22-18(20-2)21-11-7-13-24-17-8-14-23-15-17;/h17H,3-16H2,1-2H3,(H2,20,21,22);1H. The maximum absolute atomic E-state index is 6.24. The van der Waals surface area contributed by atoms with Crippen LogP contribution in [-0.4, -0.2) is 64.2 Å². The molecular formula is C19H38IN3O3. The molecule has 2 fully saturated rings. The maximum Gasteiger partial charge on any atom is 0.191 e. The van der Waals surface area contributed by atoms with Crippen molar-refractivity contribution >= 4 is 29.9 Å². The van der Waals surface area contributed by atoms with Gasteiger partial charge in [-0.2, -0.15) is 0 Å². The monoisotopic (exact) mass is 483 g/mol. The summed E-state index contributed by atoms with van der Waals surface area (Å²) in [6.07, 6.45) is 9.50. The van der Waals surface area contributed by atoms with Gasteiger partial charge in [0.05, 0.1) is 18.3 Å². The second-order valence-corrected chi connectivity index (χ2v) is 7.15. The molecule has 2 N–H and O–H groups in total. The molecule has 1 unspecified atom stereocenters. The lowest BCUT2D eigenvalue weighted by Gasteiger charge is -2.37. The van der Waals surface area contributed by atoms with Gasteiger partial charge in [0.2, 0.25) is 0 Å². The van der Waals surface area contributed by atoms with Crippen molar-refractivity contribution in [3.63, 3.8) is 0 Å². The molecule has 26 heavy (non-hydrogen) atoms. The molecule has 0 aromatic carbocycles. The number of hydrogen-bond donors (Lipinski definition) is 2. The first-order valence-corrected chi connectivity index (χ1v) is 10.1. The van der Waals surface area contributed by atoms with Gasteiger partial charge in [0, 0.05) is 40.0 Å². The smallest absolute Gasteiger partial charge is 0.191 e. The van der Waals surface area contributed by atoms with E-state index in [-0.39, 0.29) is 29.6 Å². The molecule has 0 bridgehead atoms. The molecule has 0 amide bonds. The fourth-order valence-electron chi connectivity index (χ4n) is 3.53. The highest BCUT2D eigenvalue weighted by Crippen LogP contribution is 2.31. The molecule has 1 atom stereocenters. The van der Waals surface area contributed by atoms with Crippen LogP contribution in [0.25, 0.3) is 0 Å². The normalized spacial score (nSPS) is 22.7. The highest BCUT2D eigenvalue weighted by molar-refractivity contribution is 14.0. The van der Waals surface area contributed by atoms with Crippen molar-refractivity contribution in [1.82, 2.24) is 10.6 Å². The predicted octanol–water partition coefficient (Wildman–Crippen LogP) is 3.09. The number of guanidine groups is 1. The summed E-state index contributed by atoms with van der Waals surface area (Å²) in [5, 5.41) is 6.85. The van der Waals surface area contributed by atoms with Gasteiger partial charge >= 0.3 is 0 Å². The van der Waals surface area contributed by atoms with E-state index in [9.17, 15) is 0 Å². The molecule has 0 radical (unpaired) electrons. The molecule has 0 aromatic heterocycles. The van der Waals surface area contributed by atoms with Crippen LogP contribution in [0.3, 0.4) is 0 Å². The molecule has 0 aromatic rings. The number of ether oxygens (including phenoxy) is 3. The van der Waals surface area contributed by atoms with E-state index in [1.165, 1.54) is 19.3 Å². The van der Waals surface area contributed by atoms with Gasteiger partial charge in [0.15, 0.2) is 5.96 Å². The molecule has 1 saturated carbocycles. The van der Waals surface area contributed by atoms with Crippen LogP contribution in [0.15, 0.2) is 4.99 Å². The van der Waals surface area contributed by atoms with E-state index in [0.29, 0.717) is 6.10 Å². The number of halogens is 1. The molecule has 1 aliphatic carbocycles. The molecular weight excluding hydrogens is 445 g/mol. The average molecular weight is 483 g/mol. The summed E-state index contributed by atoms with van der Waals surface area (Å²) in [6, 6.07) is 0. The molecule has 1 heterocycles. The Bertz CT molecular complexity index is 384. The van der Waals surface area contributed by atoms with Crippen molar-refractivity contribution in [2.24, 2.45) is 4.99 Å². The Balaban J connectivity index is 0.00000338. The van der Waals surface area contributed by atoms with Crippen molar-refractivity contribution in [1.29, 1.82) is 0 Å². The average Bonchev–Trinajstić information content (AvgIpc) is 3.16. The van der Waals surface area contributed by atoms with Gasteiger partial charge in [0.25, 0.3) is 0 Å². The predicted molar refractivity (Wildman–Crippen MR) is 117 cm³/mol. The SMILES string of the molecule is CCCOC1(CNC(=NC)NCCCOC2CCOC2)CCCCC1.I. The number of aliphatic imine (C=N–C) groups is 1. The summed E-state index contributed by atoms with van der Waals surface area (Å²) in [5.74, 6) is 0.856. The zero-order valence-electron chi connectivity index (χ0n) is 16.6. The van der Waals surface area contributed by atoms with Crippen LogP contribution in [0.4, 0.5) is 0 Å². The lowest BCUT2D eigenvalue weighted by molar-refractivity contribution is -0.0657. The summed E-state index contributed by atoms with van der Waals surface area (Å²) in [6.45, 7) is 7.05. The number of hydrogen-bond acceptors (Lipinski definition) is 4. The topological polar surface area (TPSA) is 64.1 Å². The van der Waals surface area contributed by atoms with Crippen LogP contribution in [0, 0.1) is 0 Å². The van der Waals surface area contributed by atoms with Crippen LogP contribution < -0.4 is 10.6 Å². The van der Waals surface area contributed by atoms with Crippen molar-refractivity contribution in [3.05, 3.63) is 0 Å². The Morgan fingerprint density at radius 2 is 2.00 bits per heavy atom. The van der Waals surface area contributed by atoms with Gasteiger partial charge in [-0.05, 0) is 32.1 Å². The molecule has 2 aliphatic rings. The van der Waals surface area contributed by atoms with Crippen molar-refractivity contribution < 1.29 is 14.2 Å². The Morgan fingerprint density at radius 1 is 1.19 bits per heavy atom. The van der Waals surface area contributed by atoms with Crippen molar-refractivity contribution in [3.8, 4) is 0 Å². The van der Waals surface area contributed by atoms with Gasteiger partial charge < -0.3 is 24.8 Å². The van der Waals surface area contributed by atoms with Crippen LogP contribution in [-0.2, 0) is 14.2 Å². The first-order chi connectivity index (χ1) is 12.3. The first-order valence-electron chi connectivity index (χ1n) is 10.1. The minimum atomic E-state index is -0.0164. The fourth-order valence-corrected chi connectivity index (χ4v) is 3.53. The van der Waals surface area contributed by atoms with Crippen LogP contribution in [0.2, 0.25) is 0 Å². The molecule has 154 valence electrons. The molecule has 0 spiro atoms. The largest absolute Gasteiger partial charge is 0.379 e. The number of rotatable bonds is 10. The van der Waals surface area contributed by atoms with Crippen LogP contribution >= 0.6 is 24.0 Å². The number of nitrogens with zero attached hydrogens (tertiary/aromatic N) is 1. The van der Waals surface area contributed by atoms with E-state index in [2.05, 4.69) is 22.5 Å². The van der Waals surface area contributed by atoms with Gasteiger partial charge in [-0.25, -0.2) is 0 Å². The highest BCUT2D eigenvalue weighted by atomic mass is 127. The van der Waals surface area contributed by atoms with E-state index in [4.69, 9.17) is 14.2 Å². The minimum absolute atomic E-state index is 0. The molecule has 1 saturated heterocycles. The Hall–Kier alpha value is -0.120. The lowest BCUT2D eigenvalue weighted by Crippen LogP contribution is -2.49. The number of nitrogens with one attached hydrogen (secondary N) is 2. The summed E-state index contributed by atoms with van der Waals surface area (Å²) in [5.41, 5.74) is -0.0164. The van der Waals surface area contributed by atoms with E-state index in [0.717, 1.165) is 77.6 Å². The second-order valence-electron chi connectivity index (χ2n) is 7.15. The minimum Gasteiger partial charge on any atom is -0.379 e.